The van der Waals surface area contributed by atoms with E-state index in [1.54, 1.807) is 13.8 Å². The molecule has 0 unspecified atom stereocenters. The first-order valence-electron chi connectivity index (χ1n) is 6.42. The molecule has 0 aliphatic rings. The number of benzene rings is 1. The van der Waals surface area contributed by atoms with Crippen LogP contribution in [0, 0.1) is 5.82 Å². The third-order valence-electron chi connectivity index (χ3n) is 2.71. The zero-order chi connectivity index (χ0) is 15.0. The van der Waals surface area contributed by atoms with Crippen molar-refractivity contribution in [3.8, 4) is 0 Å². The van der Waals surface area contributed by atoms with Crippen LogP contribution in [0.3, 0.4) is 0 Å². The maximum absolute atomic E-state index is 13.0. The average molecular weight is 300 g/mol. The number of ether oxygens (including phenoxy) is 2. The Morgan fingerprint density at radius 2 is 1.75 bits per heavy atom. The molecular formula is C14H18FO4P. The molecule has 0 aliphatic heterocycles. The Hall–Kier alpha value is -1.16. The van der Waals surface area contributed by atoms with Gasteiger partial charge in [-0.25, -0.2) is 4.39 Å². The van der Waals surface area contributed by atoms with Crippen molar-refractivity contribution < 1.29 is 23.2 Å². The molecule has 0 saturated heterocycles. The molecule has 110 valence electrons. The summed E-state index contributed by atoms with van der Waals surface area (Å²) in [7, 11) is -0.237. The third kappa shape index (κ3) is 4.44. The number of ketones is 1. The monoisotopic (exact) mass is 300 g/mol. The highest BCUT2D eigenvalue weighted by Gasteiger charge is 2.36. The number of hydrogen-bond acceptors (Lipinski definition) is 4. The number of halogens is 1. The molecule has 0 radical (unpaired) electrons. The SMILES string of the molecule is CCOC(CC(=O)CP=O)(OCC)c1ccc(F)cc1. The van der Waals surface area contributed by atoms with Crippen LogP contribution >= 0.6 is 8.46 Å². The summed E-state index contributed by atoms with van der Waals surface area (Å²) in [4.78, 5) is 11.8. The van der Waals surface area contributed by atoms with E-state index in [2.05, 4.69) is 0 Å². The fraction of sp³-hybridized carbons (Fsp3) is 0.500. The molecule has 0 aliphatic carbocycles. The summed E-state index contributed by atoms with van der Waals surface area (Å²) in [6.45, 7) is 4.24. The molecule has 0 spiro atoms. The van der Waals surface area contributed by atoms with Gasteiger partial charge in [-0.1, -0.05) is 12.1 Å². The van der Waals surface area contributed by atoms with Crippen LogP contribution in [-0.2, 0) is 24.6 Å². The minimum absolute atomic E-state index is 0.0600. The summed E-state index contributed by atoms with van der Waals surface area (Å²) in [5, 5.41) is 0. The molecule has 0 fully saturated rings. The molecule has 0 heterocycles. The highest BCUT2D eigenvalue weighted by Crippen LogP contribution is 2.32. The Labute approximate surface area is 119 Å². The van der Waals surface area contributed by atoms with E-state index in [1.807, 2.05) is 0 Å². The van der Waals surface area contributed by atoms with Crippen molar-refractivity contribution in [3.63, 3.8) is 0 Å². The van der Waals surface area contributed by atoms with Crippen molar-refractivity contribution in [1.29, 1.82) is 0 Å². The number of Topliss-reactive ketones (excluding diaryl/α,β-unsaturated/α-hetero) is 1. The largest absolute Gasteiger partial charge is 0.346 e. The molecule has 0 aromatic heterocycles. The van der Waals surface area contributed by atoms with E-state index in [0.717, 1.165) is 0 Å². The lowest BCUT2D eigenvalue weighted by Crippen LogP contribution is -2.36. The minimum atomic E-state index is -1.25. The van der Waals surface area contributed by atoms with Gasteiger partial charge in [-0.15, -0.1) is 0 Å². The van der Waals surface area contributed by atoms with Crippen molar-refractivity contribution in [3.05, 3.63) is 35.6 Å². The first kappa shape index (κ1) is 16.9. The van der Waals surface area contributed by atoms with Crippen LogP contribution in [-0.4, -0.2) is 25.2 Å². The molecule has 1 rings (SSSR count). The number of carbonyl (C=O) groups is 1. The van der Waals surface area contributed by atoms with Crippen LogP contribution in [0.1, 0.15) is 25.8 Å². The lowest BCUT2D eigenvalue weighted by Gasteiger charge is -2.33. The van der Waals surface area contributed by atoms with Gasteiger partial charge in [0.05, 0.1) is 12.6 Å². The van der Waals surface area contributed by atoms with Crippen LogP contribution in [0.2, 0.25) is 0 Å². The van der Waals surface area contributed by atoms with Gasteiger partial charge in [-0.3, -0.25) is 9.36 Å². The second kappa shape index (κ2) is 8.20. The van der Waals surface area contributed by atoms with E-state index in [-0.39, 0.29) is 32.6 Å². The first-order chi connectivity index (χ1) is 9.57. The summed E-state index contributed by atoms with van der Waals surface area (Å²) in [6.07, 6.45) is -0.154. The van der Waals surface area contributed by atoms with E-state index >= 15 is 0 Å². The Kier molecular flexibility index (Phi) is 6.93. The predicted molar refractivity (Wildman–Crippen MR) is 73.4 cm³/mol. The zero-order valence-electron chi connectivity index (χ0n) is 11.6. The van der Waals surface area contributed by atoms with E-state index in [4.69, 9.17) is 9.47 Å². The van der Waals surface area contributed by atoms with Gasteiger partial charge in [0.15, 0.2) is 8.46 Å². The molecule has 0 amide bonds. The standard InChI is InChI=1S/C14H18FO4P/c1-3-18-14(19-4-2,9-13(16)10-20-17)11-5-7-12(15)8-6-11/h5-8H,3-4,9-10H2,1-2H3. The number of hydrogen-bond donors (Lipinski definition) is 0. The summed E-state index contributed by atoms with van der Waals surface area (Å²) < 4.78 is 34.9. The van der Waals surface area contributed by atoms with Crippen molar-refractivity contribution in [1.82, 2.24) is 0 Å². The Morgan fingerprint density at radius 1 is 1.20 bits per heavy atom. The summed E-state index contributed by atoms with van der Waals surface area (Å²) in [5.41, 5.74) is 0.568. The summed E-state index contributed by atoms with van der Waals surface area (Å²) in [5.74, 6) is -1.87. The molecule has 1 aromatic rings. The fourth-order valence-electron chi connectivity index (χ4n) is 1.97. The topological polar surface area (TPSA) is 52.6 Å². The molecule has 0 bridgehead atoms. The quantitative estimate of drug-likeness (QED) is 0.518. The van der Waals surface area contributed by atoms with Crippen molar-refractivity contribution in [2.75, 3.05) is 19.4 Å². The van der Waals surface area contributed by atoms with Crippen LogP contribution < -0.4 is 0 Å². The van der Waals surface area contributed by atoms with E-state index in [9.17, 15) is 13.8 Å². The van der Waals surface area contributed by atoms with Crippen LogP contribution in [0.5, 0.6) is 0 Å². The van der Waals surface area contributed by atoms with Gasteiger partial charge in [-0.05, 0) is 26.0 Å². The Balaban J connectivity index is 3.11. The normalized spacial score (nSPS) is 11.8. The van der Waals surface area contributed by atoms with Crippen LogP contribution in [0.4, 0.5) is 4.39 Å². The van der Waals surface area contributed by atoms with Gasteiger partial charge in [0.2, 0.25) is 5.79 Å². The molecule has 0 atom stereocenters. The van der Waals surface area contributed by atoms with Crippen LogP contribution in [0.25, 0.3) is 0 Å². The third-order valence-corrected chi connectivity index (χ3v) is 3.19. The molecular weight excluding hydrogens is 282 g/mol. The lowest BCUT2D eigenvalue weighted by molar-refractivity contribution is -0.243. The van der Waals surface area contributed by atoms with Gasteiger partial charge in [-0.2, -0.15) is 0 Å². The maximum atomic E-state index is 13.0. The summed E-state index contributed by atoms with van der Waals surface area (Å²) in [6, 6.07) is 5.64. The zero-order valence-corrected chi connectivity index (χ0v) is 12.5. The number of carbonyl (C=O) groups excluding carboxylic acids is 1. The molecule has 4 nitrogen and oxygen atoms in total. The molecule has 0 N–H and O–H groups in total. The van der Waals surface area contributed by atoms with Crippen molar-refractivity contribution in [2.45, 2.75) is 26.1 Å². The van der Waals surface area contributed by atoms with Crippen molar-refractivity contribution >= 4 is 14.2 Å². The van der Waals surface area contributed by atoms with E-state index in [0.29, 0.717) is 18.8 Å². The van der Waals surface area contributed by atoms with Crippen LogP contribution in [0.15, 0.2) is 24.3 Å². The first-order valence-corrected chi connectivity index (χ1v) is 7.42. The van der Waals surface area contributed by atoms with E-state index in [1.165, 1.54) is 24.3 Å². The highest BCUT2D eigenvalue weighted by atomic mass is 31.1. The number of rotatable bonds is 9. The van der Waals surface area contributed by atoms with Gasteiger partial charge in [0, 0.05) is 18.8 Å². The Bertz CT molecular complexity index is 441. The minimum Gasteiger partial charge on any atom is -0.346 e. The smallest absolute Gasteiger partial charge is 0.201 e. The molecule has 20 heavy (non-hydrogen) atoms. The van der Waals surface area contributed by atoms with Crippen molar-refractivity contribution in [2.24, 2.45) is 0 Å². The maximum Gasteiger partial charge on any atom is 0.201 e. The average Bonchev–Trinajstić information content (AvgIpc) is 2.40. The molecule has 1 aromatic carbocycles. The van der Waals surface area contributed by atoms with Gasteiger partial charge in [0.1, 0.15) is 11.6 Å². The van der Waals surface area contributed by atoms with Gasteiger partial charge in [0.25, 0.3) is 0 Å². The fourth-order valence-corrected chi connectivity index (χ4v) is 2.23. The Morgan fingerprint density at radius 3 is 2.20 bits per heavy atom. The second-order valence-electron chi connectivity index (χ2n) is 4.13. The summed E-state index contributed by atoms with van der Waals surface area (Å²) >= 11 is 0. The molecule has 6 heteroatoms. The van der Waals surface area contributed by atoms with Gasteiger partial charge < -0.3 is 9.47 Å². The second-order valence-corrected chi connectivity index (χ2v) is 4.70. The van der Waals surface area contributed by atoms with E-state index < -0.39 is 5.79 Å². The predicted octanol–water partition coefficient (Wildman–Crippen LogP) is 3.30. The highest BCUT2D eigenvalue weighted by molar-refractivity contribution is 7.25. The lowest BCUT2D eigenvalue weighted by atomic mass is 10.00. The molecule has 0 saturated carbocycles. The van der Waals surface area contributed by atoms with Gasteiger partial charge >= 0.3 is 0 Å².